The number of hydrogen-bond acceptors (Lipinski definition) is 3. The van der Waals surface area contributed by atoms with Gasteiger partial charge in [0.15, 0.2) is 0 Å². The van der Waals surface area contributed by atoms with Crippen LogP contribution in [-0.4, -0.2) is 40.4 Å². The second-order valence-electron chi connectivity index (χ2n) is 2.14. The molecule has 0 saturated heterocycles. The minimum Gasteiger partial charge on any atom is -0.349 e. The van der Waals surface area contributed by atoms with E-state index in [1.807, 2.05) is 0 Å². The van der Waals surface area contributed by atoms with Gasteiger partial charge in [0.2, 0.25) is 0 Å². The molecule has 0 aliphatic carbocycles. The summed E-state index contributed by atoms with van der Waals surface area (Å²) in [6, 6.07) is 0. The van der Waals surface area contributed by atoms with Crippen LogP contribution in [0.3, 0.4) is 0 Å². The van der Waals surface area contributed by atoms with Crippen LogP contribution < -0.4 is 0 Å². The monoisotopic (exact) mass is 164 g/mol. The molecule has 5 nitrogen and oxygen atoms in total. The highest BCUT2D eigenvalue weighted by molar-refractivity contribution is 7.51. The number of rotatable bonds is 2. The standard InChI is InChI=1S/C4H9N2O3P/c7-10(8,9)4-6-2-1-5-3-6/h3H,1-2,4H2,(H2,7,8,9). The van der Waals surface area contributed by atoms with Crippen LogP contribution in [0.4, 0.5) is 0 Å². The molecule has 0 amide bonds. The first-order chi connectivity index (χ1) is 4.58. The van der Waals surface area contributed by atoms with Gasteiger partial charge in [-0.15, -0.1) is 0 Å². The van der Waals surface area contributed by atoms with Crippen molar-refractivity contribution in [3.63, 3.8) is 0 Å². The molecule has 0 spiro atoms. The minimum atomic E-state index is -3.88. The van der Waals surface area contributed by atoms with E-state index in [1.54, 1.807) is 0 Å². The summed E-state index contributed by atoms with van der Waals surface area (Å²) in [6.45, 7) is 1.26. The Morgan fingerprint density at radius 1 is 1.70 bits per heavy atom. The molecule has 0 aromatic carbocycles. The van der Waals surface area contributed by atoms with Crippen LogP contribution in [0.25, 0.3) is 0 Å². The van der Waals surface area contributed by atoms with Crippen LogP contribution in [0.1, 0.15) is 0 Å². The molecule has 0 radical (unpaired) electrons. The smallest absolute Gasteiger partial charge is 0.344 e. The lowest BCUT2D eigenvalue weighted by Gasteiger charge is -2.13. The van der Waals surface area contributed by atoms with Crippen LogP contribution in [-0.2, 0) is 4.57 Å². The summed E-state index contributed by atoms with van der Waals surface area (Å²) in [5.41, 5.74) is 0. The van der Waals surface area contributed by atoms with E-state index in [-0.39, 0.29) is 6.29 Å². The topological polar surface area (TPSA) is 73.1 Å². The van der Waals surface area contributed by atoms with Crippen LogP contribution >= 0.6 is 7.60 Å². The van der Waals surface area contributed by atoms with Crippen molar-refractivity contribution >= 4 is 13.9 Å². The Kier molecular flexibility index (Phi) is 2.08. The summed E-state index contributed by atoms with van der Waals surface area (Å²) in [5.74, 6) is 0. The number of aliphatic imine (C=N–C) groups is 1. The molecule has 0 saturated carbocycles. The predicted octanol–water partition coefficient (Wildman–Crippen LogP) is -0.535. The van der Waals surface area contributed by atoms with Gasteiger partial charge in [-0.2, -0.15) is 0 Å². The van der Waals surface area contributed by atoms with Crippen molar-refractivity contribution in [3.8, 4) is 0 Å². The van der Waals surface area contributed by atoms with Crippen molar-refractivity contribution < 1.29 is 14.4 Å². The molecular weight excluding hydrogens is 155 g/mol. The van der Waals surface area contributed by atoms with Gasteiger partial charge in [-0.1, -0.05) is 0 Å². The van der Waals surface area contributed by atoms with E-state index in [4.69, 9.17) is 9.79 Å². The fourth-order valence-electron chi connectivity index (χ4n) is 0.761. The Morgan fingerprint density at radius 3 is 2.80 bits per heavy atom. The molecule has 1 aliphatic rings. The van der Waals surface area contributed by atoms with Crippen molar-refractivity contribution in [2.24, 2.45) is 4.99 Å². The lowest BCUT2D eigenvalue weighted by Crippen LogP contribution is -2.20. The third-order valence-corrected chi connectivity index (χ3v) is 1.86. The van der Waals surface area contributed by atoms with Gasteiger partial charge in [0.25, 0.3) is 0 Å². The maximum absolute atomic E-state index is 10.4. The van der Waals surface area contributed by atoms with E-state index < -0.39 is 7.60 Å². The van der Waals surface area contributed by atoms with E-state index >= 15 is 0 Å². The molecule has 0 bridgehead atoms. The molecule has 6 heteroatoms. The highest BCUT2D eigenvalue weighted by atomic mass is 31.2. The molecule has 1 heterocycles. The second-order valence-corrected chi connectivity index (χ2v) is 3.75. The zero-order valence-corrected chi connectivity index (χ0v) is 6.24. The van der Waals surface area contributed by atoms with Crippen molar-refractivity contribution in [3.05, 3.63) is 0 Å². The first-order valence-electron chi connectivity index (χ1n) is 2.86. The van der Waals surface area contributed by atoms with E-state index in [2.05, 4.69) is 4.99 Å². The summed E-state index contributed by atoms with van der Waals surface area (Å²) in [4.78, 5) is 22.3. The van der Waals surface area contributed by atoms with Crippen molar-refractivity contribution in [1.29, 1.82) is 0 Å². The van der Waals surface area contributed by atoms with Gasteiger partial charge < -0.3 is 14.7 Å². The fourth-order valence-corrected chi connectivity index (χ4v) is 1.45. The van der Waals surface area contributed by atoms with Gasteiger partial charge in [0.1, 0.15) is 6.29 Å². The summed E-state index contributed by atoms with van der Waals surface area (Å²) in [6.07, 6.45) is 1.26. The lowest BCUT2D eigenvalue weighted by molar-refractivity contribution is 0.349. The predicted molar refractivity (Wildman–Crippen MR) is 37.0 cm³/mol. The molecule has 58 valence electrons. The summed E-state index contributed by atoms with van der Waals surface area (Å²) in [5, 5.41) is 0. The largest absolute Gasteiger partial charge is 0.349 e. The third kappa shape index (κ3) is 2.47. The van der Waals surface area contributed by atoms with Crippen LogP contribution in [0.15, 0.2) is 4.99 Å². The van der Waals surface area contributed by atoms with E-state index in [9.17, 15) is 4.57 Å². The Balaban J connectivity index is 2.39. The van der Waals surface area contributed by atoms with E-state index in [1.165, 1.54) is 11.2 Å². The molecule has 10 heavy (non-hydrogen) atoms. The molecule has 0 aromatic rings. The molecule has 0 fully saturated rings. The molecule has 0 unspecified atom stereocenters. The number of nitrogens with zero attached hydrogens (tertiary/aromatic N) is 2. The third-order valence-electron chi connectivity index (χ3n) is 1.13. The van der Waals surface area contributed by atoms with Gasteiger partial charge in [-0.05, 0) is 0 Å². The second kappa shape index (κ2) is 2.70. The molecule has 1 aliphatic heterocycles. The lowest BCUT2D eigenvalue weighted by atomic mass is 10.6. The van der Waals surface area contributed by atoms with Gasteiger partial charge in [0.05, 0.1) is 12.9 Å². The Bertz CT molecular complexity index is 187. The van der Waals surface area contributed by atoms with Crippen molar-refractivity contribution in [2.45, 2.75) is 0 Å². The quantitative estimate of drug-likeness (QED) is 0.538. The van der Waals surface area contributed by atoms with Crippen LogP contribution in [0.2, 0.25) is 0 Å². The van der Waals surface area contributed by atoms with Crippen LogP contribution in [0.5, 0.6) is 0 Å². The SMILES string of the molecule is O=P(O)(O)CN1C=NCC1. The highest BCUT2D eigenvalue weighted by Crippen LogP contribution is 2.34. The number of hydrogen-bond donors (Lipinski definition) is 2. The molecule has 2 N–H and O–H groups in total. The molecule has 0 atom stereocenters. The van der Waals surface area contributed by atoms with Gasteiger partial charge in [-0.25, -0.2) is 0 Å². The molecule has 1 rings (SSSR count). The van der Waals surface area contributed by atoms with Gasteiger partial charge in [-0.3, -0.25) is 9.56 Å². The average Bonchev–Trinajstić information content (AvgIpc) is 2.12. The maximum atomic E-state index is 10.4. The minimum absolute atomic E-state index is 0.212. The first-order valence-corrected chi connectivity index (χ1v) is 4.66. The molecular formula is C4H9N2O3P. The molecule has 0 aromatic heterocycles. The van der Waals surface area contributed by atoms with Crippen molar-refractivity contribution in [1.82, 2.24) is 4.90 Å². The van der Waals surface area contributed by atoms with Gasteiger partial charge in [0, 0.05) is 6.54 Å². The Morgan fingerprint density at radius 2 is 2.40 bits per heavy atom. The van der Waals surface area contributed by atoms with E-state index in [0.29, 0.717) is 13.1 Å². The highest BCUT2D eigenvalue weighted by Gasteiger charge is 2.18. The summed E-state index contributed by atoms with van der Waals surface area (Å²) >= 11 is 0. The fraction of sp³-hybridized carbons (Fsp3) is 0.750. The maximum Gasteiger partial charge on any atom is 0.344 e. The zero-order chi connectivity index (χ0) is 7.61. The average molecular weight is 164 g/mol. The first kappa shape index (κ1) is 7.72. The normalized spacial score (nSPS) is 18.4. The Hall–Kier alpha value is -0.380. The van der Waals surface area contributed by atoms with Crippen molar-refractivity contribution in [2.75, 3.05) is 19.4 Å². The van der Waals surface area contributed by atoms with Gasteiger partial charge >= 0.3 is 7.60 Å². The Labute approximate surface area is 58.5 Å². The summed E-state index contributed by atoms with van der Waals surface area (Å²) in [7, 11) is -3.88. The van der Waals surface area contributed by atoms with E-state index in [0.717, 1.165) is 0 Å². The van der Waals surface area contributed by atoms with Crippen LogP contribution in [0, 0.1) is 0 Å². The zero-order valence-electron chi connectivity index (χ0n) is 5.34. The summed E-state index contributed by atoms with van der Waals surface area (Å²) < 4.78 is 10.4.